The summed E-state index contributed by atoms with van der Waals surface area (Å²) in [5, 5.41) is 3.57. The zero-order chi connectivity index (χ0) is 17.9. The lowest BCUT2D eigenvalue weighted by molar-refractivity contribution is 0.103. The molecule has 1 N–H and O–H groups in total. The molecule has 0 saturated heterocycles. The third kappa shape index (κ3) is 6.35. The maximum atomic E-state index is 12.4. The molecule has 2 aromatic carbocycles. The van der Waals surface area contributed by atoms with E-state index in [4.69, 9.17) is 4.74 Å². The lowest BCUT2D eigenvalue weighted by Crippen LogP contribution is -2.29. The fourth-order valence-electron chi connectivity index (χ4n) is 2.83. The summed E-state index contributed by atoms with van der Waals surface area (Å²) in [5.74, 6) is 0.850. The van der Waals surface area contributed by atoms with Gasteiger partial charge in [-0.3, -0.25) is 4.79 Å². The highest BCUT2D eigenvalue weighted by Gasteiger charge is 2.08. The molecule has 2 aromatic rings. The average Bonchev–Trinajstić information content (AvgIpc) is 2.67. The predicted octanol–water partition coefficient (Wildman–Crippen LogP) is 4.85. The number of carbonyl (C=O) groups is 1. The van der Waals surface area contributed by atoms with Crippen molar-refractivity contribution in [2.75, 3.05) is 13.2 Å². The number of hydrogen-bond donors (Lipinski definition) is 1. The standard InChI is InChI=1S/C22H29NO2/c1-3-9-20(4-2)23-16-8-17-25-21-14-12-19(13-15-21)22(24)18-10-6-5-7-11-18/h5-7,10-15,20,23H,3-4,8-9,16-17H2,1-2H3. The minimum atomic E-state index is 0.0397. The summed E-state index contributed by atoms with van der Waals surface area (Å²) in [7, 11) is 0. The van der Waals surface area contributed by atoms with Gasteiger partial charge in [-0.15, -0.1) is 0 Å². The van der Waals surface area contributed by atoms with Gasteiger partial charge in [-0.2, -0.15) is 0 Å². The van der Waals surface area contributed by atoms with Crippen molar-refractivity contribution < 1.29 is 9.53 Å². The molecule has 1 unspecified atom stereocenters. The molecular weight excluding hydrogens is 310 g/mol. The molecule has 0 radical (unpaired) electrons. The lowest BCUT2D eigenvalue weighted by atomic mass is 10.0. The molecule has 2 rings (SSSR count). The maximum absolute atomic E-state index is 12.4. The van der Waals surface area contributed by atoms with E-state index in [-0.39, 0.29) is 5.78 Å². The molecule has 3 heteroatoms. The van der Waals surface area contributed by atoms with Gasteiger partial charge in [0, 0.05) is 17.2 Å². The molecule has 0 aromatic heterocycles. The van der Waals surface area contributed by atoms with Crippen LogP contribution in [0.1, 0.15) is 55.5 Å². The summed E-state index contributed by atoms with van der Waals surface area (Å²) in [6.45, 7) is 6.10. The Hall–Kier alpha value is -2.13. The summed E-state index contributed by atoms with van der Waals surface area (Å²) >= 11 is 0. The quantitative estimate of drug-likeness (QED) is 0.469. The highest BCUT2D eigenvalue weighted by Crippen LogP contribution is 2.15. The Morgan fingerprint density at radius 3 is 2.32 bits per heavy atom. The molecule has 0 aliphatic carbocycles. The molecule has 1 atom stereocenters. The van der Waals surface area contributed by atoms with Gasteiger partial charge in [-0.25, -0.2) is 0 Å². The van der Waals surface area contributed by atoms with Crippen molar-refractivity contribution in [3.05, 3.63) is 65.7 Å². The largest absolute Gasteiger partial charge is 0.494 e. The Kier molecular flexibility index (Phi) is 8.20. The van der Waals surface area contributed by atoms with Crippen LogP contribution in [-0.4, -0.2) is 25.0 Å². The lowest BCUT2D eigenvalue weighted by Gasteiger charge is -2.16. The molecule has 0 spiro atoms. The van der Waals surface area contributed by atoms with Crippen LogP contribution in [0.5, 0.6) is 5.75 Å². The second-order valence-electron chi connectivity index (χ2n) is 6.27. The van der Waals surface area contributed by atoms with Crippen LogP contribution >= 0.6 is 0 Å². The Balaban J connectivity index is 1.74. The molecule has 0 heterocycles. The SMILES string of the molecule is CCCC(CC)NCCCOc1ccc(C(=O)c2ccccc2)cc1. The van der Waals surface area contributed by atoms with Crippen molar-refractivity contribution in [3.63, 3.8) is 0 Å². The van der Waals surface area contributed by atoms with E-state index in [0.717, 1.165) is 18.7 Å². The van der Waals surface area contributed by atoms with Crippen molar-refractivity contribution in [2.24, 2.45) is 0 Å². The highest BCUT2D eigenvalue weighted by atomic mass is 16.5. The van der Waals surface area contributed by atoms with Gasteiger partial charge in [-0.1, -0.05) is 50.6 Å². The summed E-state index contributed by atoms with van der Waals surface area (Å²) in [6, 6.07) is 17.4. The van der Waals surface area contributed by atoms with E-state index in [1.807, 2.05) is 54.6 Å². The number of ether oxygens (including phenoxy) is 1. The van der Waals surface area contributed by atoms with Gasteiger partial charge in [-0.05, 0) is 50.1 Å². The topological polar surface area (TPSA) is 38.3 Å². The van der Waals surface area contributed by atoms with E-state index in [1.54, 1.807) is 0 Å². The minimum absolute atomic E-state index is 0.0397. The van der Waals surface area contributed by atoms with Crippen LogP contribution in [-0.2, 0) is 0 Å². The van der Waals surface area contributed by atoms with Gasteiger partial charge >= 0.3 is 0 Å². The molecule has 0 aliphatic heterocycles. The van der Waals surface area contributed by atoms with Crippen molar-refractivity contribution in [1.82, 2.24) is 5.32 Å². The second kappa shape index (κ2) is 10.7. The van der Waals surface area contributed by atoms with E-state index in [2.05, 4.69) is 19.2 Å². The number of nitrogens with one attached hydrogen (secondary N) is 1. The van der Waals surface area contributed by atoms with Crippen LogP contribution < -0.4 is 10.1 Å². The summed E-state index contributed by atoms with van der Waals surface area (Å²) in [4.78, 5) is 12.4. The first kappa shape index (κ1) is 19.2. The third-order valence-corrected chi connectivity index (χ3v) is 4.31. The van der Waals surface area contributed by atoms with Crippen LogP contribution in [0.25, 0.3) is 0 Å². The average molecular weight is 339 g/mol. The Morgan fingerprint density at radius 1 is 1.00 bits per heavy atom. The van der Waals surface area contributed by atoms with Crippen LogP contribution in [0.3, 0.4) is 0 Å². The highest BCUT2D eigenvalue weighted by molar-refractivity contribution is 6.08. The molecular formula is C22H29NO2. The Labute approximate surface area is 151 Å². The Morgan fingerprint density at radius 2 is 1.68 bits per heavy atom. The first-order chi connectivity index (χ1) is 12.2. The number of carbonyl (C=O) groups excluding carboxylic acids is 1. The van der Waals surface area contributed by atoms with Gasteiger partial charge in [0.25, 0.3) is 0 Å². The summed E-state index contributed by atoms with van der Waals surface area (Å²) in [6.07, 6.45) is 4.60. The van der Waals surface area contributed by atoms with Crippen molar-refractivity contribution in [1.29, 1.82) is 0 Å². The molecule has 0 saturated carbocycles. The van der Waals surface area contributed by atoms with Gasteiger partial charge in [0.2, 0.25) is 0 Å². The summed E-state index contributed by atoms with van der Waals surface area (Å²) in [5.41, 5.74) is 1.39. The number of hydrogen-bond acceptors (Lipinski definition) is 3. The second-order valence-corrected chi connectivity index (χ2v) is 6.27. The third-order valence-electron chi connectivity index (χ3n) is 4.31. The zero-order valence-corrected chi connectivity index (χ0v) is 15.3. The van der Waals surface area contributed by atoms with Crippen molar-refractivity contribution in [3.8, 4) is 5.75 Å². The van der Waals surface area contributed by atoms with E-state index in [0.29, 0.717) is 23.8 Å². The molecule has 0 amide bonds. The summed E-state index contributed by atoms with van der Waals surface area (Å²) < 4.78 is 5.77. The predicted molar refractivity (Wildman–Crippen MR) is 103 cm³/mol. The fourth-order valence-corrected chi connectivity index (χ4v) is 2.83. The monoisotopic (exact) mass is 339 g/mol. The molecule has 0 fully saturated rings. The number of rotatable bonds is 11. The number of ketones is 1. The Bertz CT molecular complexity index is 622. The molecule has 0 aliphatic rings. The maximum Gasteiger partial charge on any atom is 0.193 e. The normalized spacial score (nSPS) is 11.9. The molecule has 134 valence electrons. The zero-order valence-electron chi connectivity index (χ0n) is 15.3. The van der Waals surface area contributed by atoms with Gasteiger partial charge in [0.05, 0.1) is 6.61 Å². The fraction of sp³-hybridized carbons (Fsp3) is 0.409. The smallest absolute Gasteiger partial charge is 0.193 e. The van der Waals surface area contributed by atoms with E-state index >= 15 is 0 Å². The van der Waals surface area contributed by atoms with Crippen LogP contribution in [0.2, 0.25) is 0 Å². The van der Waals surface area contributed by atoms with Crippen molar-refractivity contribution in [2.45, 2.75) is 45.6 Å². The van der Waals surface area contributed by atoms with E-state index in [9.17, 15) is 4.79 Å². The van der Waals surface area contributed by atoms with Gasteiger partial charge in [0.1, 0.15) is 5.75 Å². The number of benzene rings is 2. The van der Waals surface area contributed by atoms with Crippen LogP contribution in [0.4, 0.5) is 0 Å². The minimum Gasteiger partial charge on any atom is -0.494 e. The van der Waals surface area contributed by atoms with Crippen LogP contribution in [0, 0.1) is 0 Å². The van der Waals surface area contributed by atoms with E-state index in [1.165, 1.54) is 19.3 Å². The first-order valence-electron chi connectivity index (χ1n) is 9.30. The van der Waals surface area contributed by atoms with Gasteiger partial charge in [0.15, 0.2) is 5.78 Å². The molecule has 3 nitrogen and oxygen atoms in total. The van der Waals surface area contributed by atoms with Gasteiger partial charge < -0.3 is 10.1 Å². The molecule has 0 bridgehead atoms. The van der Waals surface area contributed by atoms with Crippen molar-refractivity contribution >= 4 is 5.78 Å². The van der Waals surface area contributed by atoms with Crippen LogP contribution in [0.15, 0.2) is 54.6 Å². The first-order valence-corrected chi connectivity index (χ1v) is 9.30. The molecule has 25 heavy (non-hydrogen) atoms. The van der Waals surface area contributed by atoms with E-state index < -0.39 is 0 Å².